The number of pyridine rings is 1. The first kappa shape index (κ1) is 56.0. The lowest BCUT2D eigenvalue weighted by molar-refractivity contribution is -0.318. The van der Waals surface area contributed by atoms with Gasteiger partial charge in [0.1, 0.15) is 42.7 Å². The van der Waals surface area contributed by atoms with Crippen molar-refractivity contribution in [2.24, 2.45) is 17.8 Å². The van der Waals surface area contributed by atoms with Gasteiger partial charge in [0.15, 0.2) is 18.3 Å². The van der Waals surface area contributed by atoms with Crippen LogP contribution in [0.3, 0.4) is 0 Å². The number of hydrogen-bond acceptors (Lipinski definition) is 18. The van der Waals surface area contributed by atoms with Gasteiger partial charge >= 0.3 is 11.9 Å². The van der Waals surface area contributed by atoms with Crippen LogP contribution < -0.4 is 0 Å². The topological polar surface area (TPSA) is 240 Å². The van der Waals surface area contributed by atoms with E-state index in [1.165, 1.54) is 20.2 Å². The standard InChI is InChI=1S/C50H81N3O15/c1-14-37-50(10,61)42(56)31(6)52(11)24-27(2)22-48(8,60)44(29(4)41(30(5)45(58)66-37)67-38-23-49(9,62-13)43(57)32(7)65-38)68-47-40(55)36(21-28(3)64-47)53(12)25-34(54)26-63-46(59)39-35-18-16-15-17-33(35)19-20-51-39/h15-20,27-32,34,36-38,40-44,47,54-57,60-61H,14,21-26H2,1-13H3/t27-,28-,29+,30-,31-,32+,34?,36?,37-,38+,40-,41+,42-,43+,44-,47+,48-,49-,50-/m1/s1. The van der Waals surface area contributed by atoms with Crippen molar-refractivity contribution in [3.8, 4) is 0 Å². The molecule has 19 atom stereocenters. The van der Waals surface area contributed by atoms with Crippen LogP contribution in [0.1, 0.15) is 105 Å². The van der Waals surface area contributed by atoms with Gasteiger partial charge in [-0.1, -0.05) is 45.0 Å². The number of likely N-dealkylation sites (N-methyl/N-ethyl adjacent to an activating group) is 2. The Kier molecular flexibility index (Phi) is 19.0. The summed E-state index contributed by atoms with van der Waals surface area (Å²) in [6.45, 7) is 17.3. The fourth-order valence-corrected chi connectivity index (χ4v) is 10.7. The monoisotopic (exact) mass is 964 g/mol. The molecule has 0 amide bonds. The van der Waals surface area contributed by atoms with E-state index in [-0.39, 0.29) is 44.0 Å². The predicted molar refractivity (Wildman–Crippen MR) is 251 cm³/mol. The molecule has 3 aliphatic heterocycles. The number of carbonyl (C=O) groups excluding carboxylic acids is 2. The Balaban J connectivity index is 1.45. The second-order valence-electron chi connectivity index (χ2n) is 20.8. The first-order chi connectivity index (χ1) is 31.8. The molecular formula is C50H81N3O15. The number of methoxy groups -OCH3 is 1. The van der Waals surface area contributed by atoms with Crippen molar-refractivity contribution in [1.29, 1.82) is 0 Å². The fraction of sp³-hybridized carbons (Fsp3) is 0.780. The summed E-state index contributed by atoms with van der Waals surface area (Å²) in [7, 11) is 5.03. The first-order valence-electron chi connectivity index (χ1n) is 24.2. The zero-order chi connectivity index (χ0) is 50.6. The minimum atomic E-state index is -1.86. The first-order valence-corrected chi connectivity index (χ1v) is 24.2. The van der Waals surface area contributed by atoms with Gasteiger partial charge < -0.3 is 68.7 Å². The largest absolute Gasteiger partial charge is 0.459 e. The van der Waals surface area contributed by atoms with Crippen LogP contribution >= 0.6 is 0 Å². The van der Waals surface area contributed by atoms with Crippen LogP contribution in [-0.2, 0) is 38.0 Å². The normalized spacial score (nSPS) is 41.1. The molecule has 1 aromatic carbocycles. The van der Waals surface area contributed by atoms with Crippen LogP contribution in [0.2, 0.25) is 0 Å². The van der Waals surface area contributed by atoms with E-state index in [2.05, 4.69) is 4.98 Å². The van der Waals surface area contributed by atoms with Crippen molar-refractivity contribution in [2.75, 3.05) is 40.9 Å². The molecular weight excluding hydrogens is 883 g/mol. The summed E-state index contributed by atoms with van der Waals surface area (Å²) < 4.78 is 43.5. The molecule has 5 rings (SSSR count). The summed E-state index contributed by atoms with van der Waals surface area (Å²) in [5.74, 6) is -3.63. The molecule has 4 heterocycles. The summed E-state index contributed by atoms with van der Waals surface area (Å²) >= 11 is 0. The molecule has 3 aliphatic rings. The van der Waals surface area contributed by atoms with Gasteiger partial charge in [-0.05, 0) is 99.2 Å². The zero-order valence-electron chi connectivity index (χ0n) is 42.4. The van der Waals surface area contributed by atoms with Crippen LogP contribution in [0, 0.1) is 17.8 Å². The highest BCUT2D eigenvalue weighted by molar-refractivity contribution is 6.02. The highest BCUT2D eigenvalue weighted by Crippen LogP contribution is 2.40. The number of benzene rings is 1. The van der Waals surface area contributed by atoms with Crippen molar-refractivity contribution in [2.45, 2.75) is 191 Å². The van der Waals surface area contributed by atoms with Crippen LogP contribution in [-0.4, -0.2) is 195 Å². The van der Waals surface area contributed by atoms with Gasteiger partial charge in [0.05, 0.1) is 41.5 Å². The highest BCUT2D eigenvalue weighted by Gasteiger charge is 2.53. The number of nitrogens with zero attached hydrogens (tertiary/aromatic N) is 3. The Morgan fingerprint density at radius 3 is 2.32 bits per heavy atom. The van der Waals surface area contributed by atoms with Gasteiger partial charge in [-0.25, -0.2) is 9.78 Å². The van der Waals surface area contributed by atoms with Crippen LogP contribution in [0.4, 0.5) is 0 Å². The molecule has 3 fully saturated rings. The minimum Gasteiger partial charge on any atom is -0.459 e. The van der Waals surface area contributed by atoms with E-state index in [4.69, 9.17) is 33.2 Å². The Morgan fingerprint density at radius 2 is 1.66 bits per heavy atom. The minimum absolute atomic E-state index is 0.00317. The third-order valence-electron chi connectivity index (χ3n) is 14.9. The third-order valence-corrected chi connectivity index (χ3v) is 14.9. The van der Waals surface area contributed by atoms with E-state index in [1.807, 2.05) is 37.9 Å². The van der Waals surface area contributed by atoms with Gasteiger partial charge in [-0.3, -0.25) is 9.69 Å². The number of aliphatic hydroxyl groups is 6. The molecule has 18 nitrogen and oxygen atoms in total. The van der Waals surface area contributed by atoms with Crippen molar-refractivity contribution < 1.29 is 73.4 Å². The van der Waals surface area contributed by atoms with Gasteiger partial charge in [0.2, 0.25) is 0 Å². The average Bonchev–Trinajstić information content (AvgIpc) is 3.28. The Bertz CT molecular complexity index is 1950. The van der Waals surface area contributed by atoms with Crippen molar-refractivity contribution in [3.05, 3.63) is 42.2 Å². The Hall–Kier alpha value is -2.95. The van der Waals surface area contributed by atoms with Crippen molar-refractivity contribution in [3.63, 3.8) is 0 Å². The van der Waals surface area contributed by atoms with Gasteiger partial charge in [0.25, 0.3) is 0 Å². The maximum atomic E-state index is 14.4. The number of hydrogen-bond donors (Lipinski definition) is 6. The fourth-order valence-electron chi connectivity index (χ4n) is 10.7. The van der Waals surface area contributed by atoms with Gasteiger partial charge in [-0.15, -0.1) is 0 Å². The molecule has 0 radical (unpaired) electrons. The molecule has 18 heteroatoms. The predicted octanol–water partition coefficient (Wildman–Crippen LogP) is 3.04. The highest BCUT2D eigenvalue weighted by atomic mass is 16.7. The molecule has 2 aromatic rings. The summed E-state index contributed by atoms with van der Waals surface area (Å²) in [5.41, 5.74) is -4.50. The third kappa shape index (κ3) is 12.7. The molecule has 3 saturated heterocycles. The smallest absolute Gasteiger partial charge is 0.357 e. The summed E-state index contributed by atoms with van der Waals surface area (Å²) in [4.78, 5) is 35.4. The maximum Gasteiger partial charge on any atom is 0.357 e. The van der Waals surface area contributed by atoms with Crippen LogP contribution in [0.15, 0.2) is 36.5 Å². The summed E-state index contributed by atoms with van der Waals surface area (Å²) in [6, 6.07) is 7.86. The number of aromatic nitrogens is 1. The Labute approximate surface area is 402 Å². The lowest BCUT2D eigenvalue weighted by Gasteiger charge is -2.49. The number of esters is 2. The number of carbonyl (C=O) groups is 2. The molecule has 1 aromatic heterocycles. The number of rotatable bonds is 12. The second-order valence-corrected chi connectivity index (χ2v) is 20.8. The Morgan fingerprint density at radius 1 is 0.985 bits per heavy atom. The SMILES string of the molecule is CC[C@H]1OC(=O)[C@H](C)[C@@H](O[C@H]2C[C@@](C)(OC)[C@@H](O)[C@H](C)O2)[C@H](C)[C@@H](O[C@@H]2O[C@H](C)CC(N(C)CC(O)COC(=O)c3nccc4ccccc34)[C@H]2O)[C@](C)(O)C[C@@H](C)CN(C)[C@H](C)[C@@H](O)[C@]1(C)O. The van der Waals surface area contributed by atoms with E-state index < -0.39 is 120 Å². The number of fused-ring (bicyclic) bond motifs is 1. The molecule has 0 bridgehead atoms. The van der Waals surface area contributed by atoms with E-state index in [0.717, 1.165) is 5.39 Å². The number of ether oxygens (including phenoxy) is 7. The molecule has 2 unspecified atom stereocenters. The molecule has 0 spiro atoms. The lowest BCUT2D eigenvalue weighted by Crippen LogP contribution is -2.61. The second kappa shape index (κ2) is 23.1. The van der Waals surface area contributed by atoms with Crippen LogP contribution in [0.25, 0.3) is 10.8 Å². The molecule has 386 valence electrons. The zero-order valence-corrected chi connectivity index (χ0v) is 42.4. The van der Waals surface area contributed by atoms with Gasteiger partial charge in [0, 0.05) is 56.2 Å². The molecule has 68 heavy (non-hydrogen) atoms. The lowest BCUT2D eigenvalue weighted by atomic mass is 9.77. The number of cyclic esters (lactones) is 1. The average molecular weight is 964 g/mol. The maximum absolute atomic E-state index is 14.4. The summed E-state index contributed by atoms with van der Waals surface area (Å²) in [5, 5.41) is 72.0. The molecule has 6 N–H and O–H groups in total. The van der Waals surface area contributed by atoms with E-state index in [9.17, 15) is 40.2 Å². The summed E-state index contributed by atoms with van der Waals surface area (Å²) in [6.07, 6.45) is -9.53. The van der Waals surface area contributed by atoms with Crippen molar-refractivity contribution >= 4 is 22.7 Å². The number of aliphatic hydroxyl groups excluding tert-OH is 4. The van der Waals surface area contributed by atoms with E-state index >= 15 is 0 Å². The van der Waals surface area contributed by atoms with Crippen LogP contribution in [0.5, 0.6) is 0 Å². The van der Waals surface area contributed by atoms with Crippen molar-refractivity contribution in [1.82, 2.24) is 14.8 Å². The molecule has 0 aliphatic carbocycles. The quantitative estimate of drug-likeness (QED) is 0.168. The van der Waals surface area contributed by atoms with E-state index in [1.54, 1.807) is 78.6 Å². The molecule has 0 saturated carbocycles. The van der Waals surface area contributed by atoms with Gasteiger partial charge in [-0.2, -0.15) is 0 Å². The van der Waals surface area contributed by atoms with E-state index in [0.29, 0.717) is 18.4 Å².